The van der Waals surface area contributed by atoms with E-state index in [4.69, 9.17) is 16.9 Å². The molecule has 1 amide bonds. The lowest BCUT2D eigenvalue weighted by molar-refractivity contribution is 0.0955. The molecule has 1 aromatic heterocycles. The fourth-order valence-corrected chi connectivity index (χ4v) is 2.42. The highest BCUT2D eigenvalue weighted by molar-refractivity contribution is 7.17. The highest BCUT2D eigenvalue weighted by atomic mass is 35.5. The van der Waals surface area contributed by atoms with Gasteiger partial charge in [-0.15, -0.1) is 11.3 Å². The molecular weight excluding hydrogens is 268 g/mol. The average Bonchev–Trinajstić information content (AvgIpc) is 2.83. The first-order valence-electron chi connectivity index (χ1n) is 5.21. The van der Waals surface area contributed by atoms with Gasteiger partial charge in [0.05, 0.1) is 20.8 Å². The molecule has 0 spiro atoms. The number of nitriles is 1. The molecule has 5 heteroatoms. The van der Waals surface area contributed by atoms with Crippen LogP contribution in [-0.2, 0) is 6.54 Å². The SMILES string of the molecule is N#Cc1cccc(CNC(=O)c2ccc(Cl)s2)c1. The second-order valence-corrected chi connectivity index (χ2v) is 5.31. The molecule has 18 heavy (non-hydrogen) atoms. The van der Waals surface area contributed by atoms with Crippen molar-refractivity contribution in [1.82, 2.24) is 5.32 Å². The average molecular weight is 277 g/mol. The largest absolute Gasteiger partial charge is 0.347 e. The summed E-state index contributed by atoms with van der Waals surface area (Å²) < 4.78 is 0.589. The molecule has 0 saturated carbocycles. The molecule has 1 N–H and O–H groups in total. The van der Waals surface area contributed by atoms with Gasteiger partial charge in [-0.25, -0.2) is 0 Å². The number of hydrogen-bond acceptors (Lipinski definition) is 3. The van der Waals surface area contributed by atoms with Gasteiger partial charge >= 0.3 is 0 Å². The quantitative estimate of drug-likeness (QED) is 0.936. The van der Waals surface area contributed by atoms with Crippen LogP contribution in [0.4, 0.5) is 0 Å². The zero-order chi connectivity index (χ0) is 13.0. The van der Waals surface area contributed by atoms with E-state index < -0.39 is 0 Å². The summed E-state index contributed by atoms with van der Waals surface area (Å²) in [5.41, 5.74) is 1.48. The third kappa shape index (κ3) is 3.10. The van der Waals surface area contributed by atoms with Gasteiger partial charge in [0.15, 0.2) is 0 Å². The van der Waals surface area contributed by atoms with Crippen LogP contribution in [0, 0.1) is 11.3 Å². The number of carbonyl (C=O) groups is 1. The maximum atomic E-state index is 11.8. The summed E-state index contributed by atoms with van der Waals surface area (Å²) in [6, 6.07) is 12.6. The van der Waals surface area contributed by atoms with E-state index >= 15 is 0 Å². The summed E-state index contributed by atoms with van der Waals surface area (Å²) >= 11 is 7.00. The van der Waals surface area contributed by atoms with Gasteiger partial charge in [0.2, 0.25) is 0 Å². The van der Waals surface area contributed by atoms with Crippen LogP contribution in [0.5, 0.6) is 0 Å². The normalized spacial score (nSPS) is 9.78. The Morgan fingerprint density at radius 2 is 2.22 bits per heavy atom. The number of amides is 1. The van der Waals surface area contributed by atoms with Crippen molar-refractivity contribution in [2.24, 2.45) is 0 Å². The van der Waals surface area contributed by atoms with E-state index in [1.54, 1.807) is 30.3 Å². The van der Waals surface area contributed by atoms with Crippen LogP contribution in [-0.4, -0.2) is 5.91 Å². The summed E-state index contributed by atoms with van der Waals surface area (Å²) in [4.78, 5) is 12.3. The van der Waals surface area contributed by atoms with Crippen molar-refractivity contribution in [3.8, 4) is 6.07 Å². The molecule has 0 aliphatic carbocycles. The standard InChI is InChI=1S/C13H9ClN2OS/c14-12-5-4-11(18-12)13(17)16-8-10-3-1-2-9(6-10)7-15/h1-6H,8H2,(H,16,17). The molecule has 90 valence electrons. The minimum atomic E-state index is -0.158. The van der Waals surface area contributed by atoms with Crippen LogP contribution < -0.4 is 5.32 Å². The second-order valence-electron chi connectivity index (χ2n) is 3.60. The lowest BCUT2D eigenvalue weighted by atomic mass is 10.1. The van der Waals surface area contributed by atoms with Crippen molar-refractivity contribution < 1.29 is 4.79 Å². The molecule has 2 rings (SSSR count). The molecule has 0 aliphatic heterocycles. The molecule has 0 radical (unpaired) electrons. The second kappa shape index (κ2) is 5.67. The minimum absolute atomic E-state index is 0.158. The first kappa shape index (κ1) is 12.6. The monoisotopic (exact) mass is 276 g/mol. The third-order valence-electron chi connectivity index (χ3n) is 2.31. The van der Waals surface area contributed by atoms with Crippen LogP contribution in [0.25, 0.3) is 0 Å². The summed E-state index contributed by atoms with van der Waals surface area (Å²) in [5, 5.41) is 11.6. The van der Waals surface area contributed by atoms with Crippen LogP contribution in [0.15, 0.2) is 36.4 Å². The topological polar surface area (TPSA) is 52.9 Å². The van der Waals surface area contributed by atoms with E-state index in [0.29, 0.717) is 21.3 Å². The first-order valence-corrected chi connectivity index (χ1v) is 6.41. The Kier molecular flexibility index (Phi) is 3.98. The van der Waals surface area contributed by atoms with E-state index in [1.807, 2.05) is 6.07 Å². The lowest BCUT2D eigenvalue weighted by Crippen LogP contribution is -2.21. The smallest absolute Gasteiger partial charge is 0.261 e. The van der Waals surface area contributed by atoms with Crippen molar-refractivity contribution in [2.45, 2.75) is 6.54 Å². The van der Waals surface area contributed by atoms with E-state index in [9.17, 15) is 4.79 Å². The van der Waals surface area contributed by atoms with Crippen LogP contribution >= 0.6 is 22.9 Å². The molecule has 0 fully saturated rings. The van der Waals surface area contributed by atoms with E-state index in [2.05, 4.69) is 11.4 Å². The van der Waals surface area contributed by atoms with Crippen LogP contribution in [0.3, 0.4) is 0 Å². The summed E-state index contributed by atoms with van der Waals surface area (Å²) in [5.74, 6) is -0.158. The first-order chi connectivity index (χ1) is 8.69. The Balaban J connectivity index is 1.99. The van der Waals surface area contributed by atoms with Gasteiger partial charge in [0.25, 0.3) is 5.91 Å². The van der Waals surface area contributed by atoms with E-state index in [-0.39, 0.29) is 5.91 Å². The Morgan fingerprint density at radius 1 is 1.39 bits per heavy atom. The number of nitrogens with one attached hydrogen (secondary N) is 1. The number of hydrogen-bond donors (Lipinski definition) is 1. The van der Waals surface area contributed by atoms with Gasteiger partial charge in [0.1, 0.15) is 0 Å². The number of halogens is 1. The Bertz CT molecular complexity index is 615. The Labute approximate surface area is 114 Å². The maximum Gasteiger partial charge on any atom is 0.261 e. The molecule has 2 aromatic rings. The number of rotatable bonds is 3. The summed E-state index contributed by atoms with van der Waals surface area (Å²) in [6.07, 6.45) is 0. The number of thiophene rings is 1. The van der Waals surface area contributed by atoms with Crippen molar-refractivity contribution in [1.29, 1.82) is 5.26 Å². The molecule has 1 aromatic carbocycles. The van der Waals surface area contributed by atoms with Crippen molar-refractivity contribution in [2.75, 3.05) is 0 Å². The van der Waals surface area contributed by atoms with Gasteiger partial charge in [0, 0.05) is 6.54 Å². The van der Waals surface area contributed by atoms with Crippen molar-refractivity contribution in [3.05, 3.63) is 56.7 Å². The Morgan fingerprint density at radius 3 is 2.89 bits per heavy atom. The zero-order valence-electron chi connectivity index (χ0n) is 9.31. The number of carbonyl (C=O) groups excluding carboxylic acids is 1. The molecule has 0 saturated heterocycles. The molecular formula is C13H9ClN2OS. The van der Waals surface area contributed by atoms with E-state index in [0.717, 1.165) is 5.56 Å². The van der Waals surface area contributed by atoms with Gasteiger partial charge in [-0.3, -0.25) is 4.79 Å². The maximum absolute atomic E-state index is 11.8. The molecule has 0 aliphatic rings. The fraction of sp³-hybridized carbons (Fsp3) is 0.0769. The fourth-order valence-electron chi connectivity index (χ4n) is 1.46. The van der Waals surface area contributed by atoms with Crippen LogP contribution in [0.1, 0.15) is 20.8 Å². The van der Waals surface area contributed by atoms with Crippen molar-refractivity contribution in [3.63, 3.8) is 0 Å². The highest BCUT2D eigenvalue weighted by Crippen LogP contribution is 2.21. The minimum Gasteiger partial charge on any atom is -0.347 e. The molecule has 1 heterocycles. The predicted octanol–water partition coefficient (Wildman–Crippen LogP) is 3.20. The highest BCUT2D eigenvalue weighted by Gasteiger charge is 2.08. The Hall–Kier alpha value is -1.83. The van der Waals surface area contributed by atoms with E-state index in [1.165, 1.54) is 11.3 Å². The predicted molar refractivity (Wildman–Crippen MR) is 71.7 cm³/mol. The molecule has 0 atom stereocenters. The number of benzene rings is 1. The van der Waals surface area contributed by atoms with Gasteiger partial charge in [-0.05, 0) is 29.8 Å². The van der Waals surface area contributed by atoms with Gasteiger partial charge in [-0.1, -0.05) is 23.7 Å². The van der Waals surface area contributed by atoms with Crippen LogP contribution in [0.2, 0.25) is 4.34 Å². The molecule has 0 unspecified atom stereocenters. The molecule has 0 bridgehead atoms. The summed E-state index contributed by atoms with van der Waals surface area (Å²) in [6.45, 7) is 0.393. The van der Waals surface area contributed by atoms with Gasteiger partial charge in [-0.2, -0.15) is 5.26 Å². The number of nitrogens with zero attached hydrogens (tertiary/aromatic N) is 1. The molecule has 3 nitrogen and oxygen atoms in total. The lowest BCUT2D eigenvalue weighted by Gasteiger charge is -2.03. The zero-order valence-corrected chi connectivity index (χ0v) is 10.9. The summed E-state index contributed by atoms with van der Waals surface area (Å²) in [7, 11) is 0. The third-order valence-corrected chi connectivity index (χ3v) is 3.54. The van der Waals surface area contributed by atoms with Crippen molar-refractivity contribution >= 4 is 28.8 Å². The van der Waals surface area contributed by atoms with Gasteiger partial charge < -0.3 is 5.32 Å².